The SMILES string of the molecule is CCCCCCCCCCOCC(C)OS(=O)[O-].[Cl-].[Na+]. The molecule has 0 aromatic heterocycles. The van der Waals surface area contributed by atoms with E-state index in [9.17, 15) is 8.76 Å². The van der Waals surface area contributed by atoms with Crippen molar-refractivity contribution in [3.63, 3.8) is 0 Å². The van der Waals surface area contributed by atoms with Crippen molar-refractivity contribution in [2.24, 2.45) is 0 Å². The van der Waals surface area contributed by atoms with E-state index in [0.29, 0.717) is 13.2 Å². The molecule has 4 nitrogen and oxygen atoms in total. The van der Waals surface area contributed by atoms with Crippen LogP contribution in [0.15, 0.2) is 0 Å². The Kier molecular flexibility index (Phi) is 26.6. The molecule has 0 amide bonds. The van der Waals surface area contributed by atoms with Gasteiger partial charge in [0.2, 0.25) is 0 Å². The molecular formula is C13H27ClNaO4S-. The largest absolute Gasteiger partial charge is 1.00 e. The van der Waals surface area contributed by atoms with Crippen molar-refractivity contribution in [2.75, 3.05) is 13.2 Å². The fraction of sp³-hybridized carbons (Fsp3) is 1.00. The molecule has 118 valence electrons. The van der Waals surface area contributed by atoms with Crippen molar-refractivity contribution in [1.82, 2.24) is 0 Å². The van der Waals surface area contributed by atoms with E-state index in [2.05, 4.69) is 11.1 Å². The second-order valence-corrected chi connectivity index (χ2v) is 5.26. The summed E-state index contributed by atoms with van der Waals surface area (Å²) in [6.45, 7) is 4.94. The molecule has 0 aliphatic carbocycles. The Bertz CT molecular complexity index is 211. The Morgan fingerprint density at radius 2 is 1.55 bits per heavy atom. The molecule has 20 heavy (non-hydrogen) atoms. The number of halogens is 1. The van der Waals surface area contributed by atoms with Crippen LogP contribution in [-0.4, -0.2) is 28.1 Å². The van der Waals surface area contributed by atoms with Crippen LogP contribution in [0.1, 0.15) is 65.2 Å². The molecule has 0 fully saturated rings. The van der Waals surface area contributed by atoms with Gasteiger partial charge in [-0.3, -0.25) is 4.18 Å². The van der Waals surface area contributed by atoms with Crippen molar-refractivity contribution in [1.29, 1.82) is 0 Å². The summed E-state index contributed by atoms with van der Waals surface area (Å²) in [5.41, 5.74) is 0. The van der Waals surface area contributed by atoms with Crippen LogP contribution in [0, 0.1) is 0 Å². The van der Waals surface area contributed by atoms with Gasteiger partial charge in [0.05, 0.1) is 24.1 Å². The van der Waals surface area contributed by atoms with Gasteiger partial charge in [-0.05, 0) is 13.3 Å². The van der Waals surface area contributed by atoms with Crippen molar-refractivity contribution >= 4 is 11.4 Å². The molecule has 7 heteroatoms. The first-order chi connectivity index (χ1) is 8.66. The minimum Gasteiger partial charge on any atom is -1.00 e. The monoisotopic (exact) mass is 337 g/mol. The zero-order valence-electron chi connectivity index (χ0n) is 13.1. The average molecular weight is 338 g/mol. The summed E-state index contributed by atoms with van der Waals surface area (Å²) < 4.78 is 30.3. The topological polar surface area (TPSA) is 58.6 Å². The molecule has 0 saturated carbocycles. The quantitative estimate of drug-likeness (QED) is 0.209. The van der Waals surface area contributed by atoms with Gasteiger partial charge in [-0.1, -0.05) is 51.9 Å². The van der Waals surface area contributed by atoms with E-state index in [0.717, 1.165) is 6.42 Å². The maximum atomic E-state index is 10.2. The summed E-state index contributed by atoms with van der Waals surface area (Å²) in [6.07, 6.45) is 9.76. The Labute approximate surface area is 154 Å². The zero-order chi connectivity index (χ0) is 13.6. The molecule has 0 bridgehead atoms. The van der Waals surface area contributed by atoms with Crippen LogP contribution in [0.25, 0.3) is 0 Å². The smallest absolute Gasteiger partial charge is 1.00 e. The average Bonchev–Trinajstić information content (AvgIpc) is 2.30. The molecule has 2 unspecified atom stereocenters. The first-order valence-electron chi connectivity index (χ1n) is 7.01. The molecule has 0 saturated heterocycles. The number of hydrogen-bond acceptors (Lipinski definition) is 4. The molecule has 0 aliphatic rings. The summed E-state index contributed by atoms with van der Waals surface area (Å²) in [5, 5.41) is 0. The minimum absolute atomic E-state index is 0. The first-order valence-corrected chi connectivity index (χ1v) is 8.01. The molecule has 0 aromatic rings. The Morgan fingerprint density at radius 3 is 2.05 bits per heavy atom. The van der Waals surface area contributed by atoms with Gasteiger partial charge in [0.15, 0.2) is 0 Å². The third-order valence-corrected chi connectivity index (χ3v) is 3.22. The van der Waals surface area contributed by atoms with Gasteiger partial charge in [0.1, 0.15) is 0 Å². The van der Waals surface area contributed by atoms with Crippen LogP contribution in [0.4, 0.5) is 0 Å². The van der Waals surface area contributed by atoms with Crippen molar-refractivity contribution in [2.45, 2.75) is 71.3 Å². The van der Waals surface area contributed by atoms with E-state index < -0.39 is 17.5 Å². The molecule has 0 radical (unpaired) electrons. The third kappa shape index (κ3) is 21.6. The van der Waals surface area contributed by atoms with Crippen molar-refractivity contribution in [3.05, 3.63) is 0 Å². The summed E-state index contributed by atoms with van der Waals surface area (Å²) in [4.78, 5) is 0. The molecule has 0 spiro atoms. The number of unbranched alkanes of at least 4 members (excludes halogenated alkanes) is 7. The Morgan fingerprint density at radius 1 is 1.05 bits per heavy atom. The number of hydrogen-bond donors (Lipinski definition) is 0. The molecule has 0 aromatic carbocycles. The van der Waals surface area contributed by atoms with Gasteiger partial charge in [-0.2, -0.15) is 0 Å². The molecular weight excluding hydrogens is 311 g/mol. The van der Waals surface area contributed by atoms with Crippen molar-refractivity contribution < 1.29 is 59.6 Å². The maximum absolute atomic E-state index is 10.2. The summed E-state index contributed by atoms with van der Waals surface area (Å²) >= 11 is -2.44. The van der Waals surface area contributed by atoms with Crippen LogP contribution in [0.2, 0.25) is 0 Å². The zero-order valence-corrected chi connectivity index (χ0v) is 16.6. The fourth-order valence-corrected chi connectivity index (χ4v) is 2.07. The predicted octanol–water partition coefficient (Wildman–Crippen LogP) is -2.65. The maximum Gasteiger partial charge on any atom is 1.00 e. The minimum atomic E-state index is -2.44. The summed E-state index contributed by atoms with van der Waals surface area (Å²) in [6, 6.07) is 0. The second-order valence-electron chi connectivity index (χ2n) is 4.66. The van der Waals surface area contributed by atoms with Crippen molar-refractivity contribution in [3.8, 4) is 0 Å². The molecule has 0 heterocycles. The summed E-state index contributed by atoms with van der Waals surface area (Å²) in [5.74, 6) is 0. The van der Waals surface area contributed by atoms with E-state index in [4.69, 9.17) is 4.74 Å². The van der Waals surface area contributed by atoms with E-state index in [1.165, 1.54) is 44.9 Å². The predicted molar refractivity (Wildman–Crippen MR) is 72.9 cm³/mol. The van der Waals surface area contributed by atoms with Crippen LogP contribution < -0.4 is 42.0 Å². The number of ether oxygens (including phenoxy) is 1. The van der Waals surface area contributed by atoms with Gasteiger partial charge in [-0.25, -0.2) is 4.21 Å². The van der Waals surface area contributed by atoms with Crippen LogP contribution in [-0.2, 0) is 20.3 Å². The van der Waals surface area contributed by atoms with Gasteiger partial charge in [0.25, 0.3) is 0 Å². The van der Waals surface area contributed by atoms with Gasteiger partial charge >= 0.3 is 29.6 Å². The molecule has 0 N–H and O–H groups in total. The van der Waals surface area contributed by atoms with Crippen LogP contribution in [0.3, 0.4) is 0 Å². The van der Waals surface area contributed by atoms with E-state index in [1.54, 1.807) is 6.92 Å². The van der Waals surface area contributed by atoms with Crippen LogP contribution >= 0.6 is 0 Å². The Hall–Kier alpha value is 1.32. The molecule has 2 atom stereocenters. The third-order valence-electron chi connectivity index (χ3n) is 2.74. The van der Waals surface area contributed by atoms with Gasteiger partial charge < -0.3 is 21.7 Å². The Balaban J connectivity index is -0.00000144. The number of rotatable bonds is 13. The fourth-order valence-electron chi connectivity index (χ4n) is 1.75. The van der Waals surface area contributed by atoms with Gasteiger partial charge in [0, 0.05) is 6.61 Å². The first kappa shape index (κ1) is 26.2. The van der Waals surface area contributed by atoms with E-state index >= 15 is 0 Å². The van der Waals surface area contributed by atoms with Crippen LogP contribution in [0.5, 0.6) is 0 Å². The van der Waals surface area contributed by atoms with E-state index in [1.807, 2.05) is 0 Å². The van der Waals surface area contributed by atoms with Gasteiger partial charge in [-0.15, -0.1) is 0 Å². The second kappa shape index (κ2) is 20.3. The normalized spacial score (nSPS) is 13.2. The van der Waals surface area contributed by atoms with E-state index in [-0.39, 0.29) is 42.0 Å². The molecule has 0 rings (SSSR count). The summed E-state index contributed by atoms with van der Waals surface area (Å²) in [7, 11) is 0. The standard InChI is InChI=1S/C13H28O4S.ClH.Na/c1-3-4-5-6-7-8-9-10-11-16-12-13(2)17-18(14)15;;/h13H,3-12H2,1-2H3,(H,14,15);1H;/q;;+1/p-2. The molecule has 0 aliphatic heterocycles.